The summed E-state index contributed by atoms with van der Waals surface area (Å²) in [6, 6.07) is 0.273. The highest BCUT2D eigenvalue weighted by Crippen LogP contribution is 2.15. The smallest absolute Gasteiger partial charge is 0.0555 e. The maximum Gasteiger partial charge on any atom is 0.0555 e. The van der Waals surface area contributed by atoms with Crippen LogP contribution in [0.2, 0.25) is 0 Å². The maximum absolute atomic E-state index is 8.82. The van der Waals surface area contributed by atoms with Crippen molar-refractivity contribution in [2.75, 3.05) is 0 Å². The molecule has 1 fully saturated rings. The van der Waals surface area contributed by atoms with Crippen LogP contribution in [0.5, 0.6) is 0 Å². The molecule has 0 spiro atoms. The second-order valence-corrected chi connectivity index (χ2v) is 2.23. The van der Waals surface area contributed by atoms with Gasteiger partial charge in [0.25, 0.3) is 0 Å². The SMILES string of the molecule is N[C@H]1CC[C@@H](O)C1. The third-order valence-electron chi connectivity index (χ3n) is 1.45. The summed E-state index contributed by atoms with van der Waals surface area (Å²) >= 11 is 0. The van der Waals surface area contributed by atoms with Crippen molar-refractivity contribution in [1.82, 2.24) is 0 Å². The third kappa shape index (κ3) is 1.14. The van der Waals surface area contributed by atoms with Crippen molar-refractivity contribution in [3.63, 3.8) is 0 Å². The summed E-state index contributed by atoms with van der Waals surface area (Å²) in [4.78, 5) is 0. The molecule has 0 bridgehead atoms. The van der Waals surface area contributed by atoms with Crippen molar-refractivity contribution in [2.24, 2.45) is 5.73 Å². The molecule has 2 atom stereocenters. The van der Waals surface area contributed by atoms with Crippen LogP contribution in [0, 0.1) is 0 Å². The van der Waals surface area contributed by atoms with E-state index in [1.165, 1.54) is 0 Å². The monoisotopic (exact) mass is 101 g/mol. The number of hydrogen-bond acceptors (Lipinski definition) is 2. The molecule has 0 unspecified atom stereocenters. The van der Waals surface area contributed by atoms with Crippen LogP contribution in [0.3, 0.4) is 0 Å². The zero-order chi connectivity index (χ0) is 5.28. The minimum Gasteiger partial charge on any atom is -0.393 e. The molecule has 1 aliphatic rings. The summed E-state index contributed by atoms with van der Waals surface area (Å²) < 4.78 is 0. The normalized spacial score (nSPS) is 42.0. The predicted octanol–water partition coefficient (Wildman–Crippen LogP) is -0.142. The molecule has 0 radical (unpaired) electrons. The first-order valence-corrected chi connectivity index (χ1v) is 2.72. The van der Waals surface area contributed by atoms with Gasteiger partial charge in [-0.05, 0) is 19.3 Å². The van der Waals surface area contributed by atoms with Crippen molar-refractivity contribution in [3.8, 4) is 0 Å². The first-order valence-electron chi connectivity index (χ1n) is 2.72. The predicted molar refractivity (Wildman–Crippen MR) is 27.8 cm³/mol. The Morgan fingerprint density at radius 2 is 2.14 bits per heavy atom. The van der Waals surface area contributed by atoms with Crippen LogP contribution in [0.1, 0.15) is 19.3 Å². The van der Waals surface area contributed by atoms with Gasteiger partial charge in [0.15, 0.2) is 0 Å². The zero-order valence-corrected chi connectivity index (χ0v) is 4.30. The van der Waals surface area contributed by atoms with E-state index in [0.717, 1.165) is 19.3 Å². The lowest BCUT2D eigenvalue weighted by molar-refractivity contribution is 0.181. The maximum atomic E-state index is 8.82. The molecule has 0 heterocycles. The molecule has 0 aliphatic heterocycles. The Hall–Kier alpha value is -0.0800. The standard InChI is InChI=1S/C5H11NO/c6-4-1-2-5(7)3-4/h4-5,7H,1-3,6H2/t4-,5+/m0/s1. The van der Waals surface area contributed by atoms with Crippen LogP contribution in [-0.4, -0.2) is 17.3 Å². The van der Waals surface area contributed by atoms with Crippen LogP contribution in [0.15, 0.2) is 0 Å². The molecular weight excluding hydrogens is 90.1 g/mol. The summed E-state index contributed by atoms with van der Waals surface area (Å²) in [7, 11) is 0. The molecule has 0 aromatic heterocycles. The average Bonchev–Trinajstić information content (AvgIpc) is 1.87. The van der Waals surface area contributed by atoms with Gasteiger partial charge in [-0.25, -0.2) is 0 Å². The largest absolute Gasteiger partial charge is 0.393 e. The van der Waals surface area contributed by atoms with Crippen molar-refractivity contribution >= 4 is 0 Å². The molecule has 42 valence electrons. The lowest BCUT2D eigenvalue weighted by Crippen LogP contribution is -2.15. The number of rotatable bonds is 0. The molecule has 1 aliphatic carbocycles. The highest BCUT2D eigenvalue weighted by atomic mass is 16.3. The van der Waals surface area contributed by atoms with E-state index in [0.29, 0.717) is 0 Å². The van der Waals surface area contributed by atoms with Gasteiger partial charge in [0.05, 0.1) is 6.10 Å². The molecule has 1 saturated carbocycles. The Labute approximate surface area is 43.3 Å². The number of hydrogen-bond donors (Lipinski definition) is 2. The van der Waals surface area contributed by atoms with Crippen LogP contribution >= 0.6 is 0 Å². The van der Waals surface area contributed by atoms with Gasteiger partial charge >= 0.3 is 0 Å². The highest BCUT2D eigenvalue weighted by molar-refractivity contribution is 4.76. The van der Waals surface area contributed by atoms with E-state index >= 15 is 0 Å². The lowest BCUT2D eigenvalue weighted by atomic mass is 10.3. The van der Waals surface area contributed by atoms with E-state index in [2.05, 4.69) is 0 Å². The summed E-state index contributed by atoms with van der Waals surface area (Å²) in [5.41, 5.74) is 5.47. The Balaban J connectivity index is 2.26. The molecule has 0 aromatic rings. The molecule has 2 heteroatoms. The van der Waals surface area contributed by atoms with Crippen LogP contribution in [0.25, 0.3) is 0 Å². The van der Waals surface area contributed by atoms with Crippen molar-refractivity contribution in [1.29, 1.82) is 0 Å². The van der Waals surface area contributed by atoms with E-state index in [1.54, 1.807) is 0 Å². The van der Waals surface area contributed by atoms with Crippen LogP contribution < -0.4 is 5.73 Å². The van der Waals surface area contributed by atoms with E-state index in [-0.39, 0.29) is 12.1 Å². The molecule has 0 amide bonds. The number of nitrogens with two attached hydrogens (primary N) is 1. The number of aliphatic hydroxyl groups is 1. The topological polar surface area (TPSA) is 46.2 Å². The van der Waals surface area contributed by atoms with Gasteiger partial charge in [0.2, 0.25) is 0 Å². The van der Waals surface area contributed by atoms with Gasteiger partial charge in [-0.1, -0.05) is 0 Å². The Kier molecular flexibility index (Phi) is 1.30. The minimum atomic E-state index is -0.102. The molecule has 0 aromatic carbocycles. The Morgan fingerprint density at radius 3 is 2.29 bits per heavy atom. The Morgan fingerprint density at radius 1 is 1.43 bits per heavy atom. The van der Waals surface area contributed by atoms with Crippen LogP contribution in [0.4, 0.5) is 0 Å². The Bertz CT molecular complexity index is 57.1. The van der Waals surface area contributed by atoms with E-state index in [9.17, 15) is 0 Å². The van der Waals surface area contributed by atoms with E-state index in [4.69, 9.17) is 10.8 Å². The first-order chi connectivity index (χ1) is 3.29. The average molecular weight is 101 g/mol. The fraction of sp³-hybridized carbons (Fsp3) is 1.00. The van der Waals surface area contributed by atoms with Crippen LogP contribution in [-0.2, 0) is 0 Å². The van der Waals surface area contributed by atoms with Gasteiger partial charge in [-0.3, -0.25) is 0 Å². The molecule has 3 N–H and O–H groups in total. The molecule has 0 saturated heterocycles. The summed E-state index contributed by atoms with van der Waals surface area (Å²) in [6.45, 7) is 0. The fourth-order valence-corrected chi connectivity index (χ4v) is 0.992. The minimum absolute atomic E-state index is 0.102. The summed E-state index contributed by atoms with van der Waals surface area (Å²) in [5.74, 6) is 0. The lowest BCUT2D eigenvalue weighted by Gasteiger charge is -1.96. The van der Waals surface area contributed by atoms with Gasteiger partial charge in [0.1, 0.15) is 0 Å². The molecule has 7 heavy (non-hydrogen) atoms. The van der Waals surface area contributed by atoms with Crippen molar-refractivity contribution in [2.45, 2.75) is 31.4 Å². The van der Waals surface area contributed by atoms with Crippen molar-refractivity contribution < 1.29 is 5.11 Å². The molecule has 1 rings (SSSR count). The second-order valence-electron chi connectivity index (χ2n) is 2.23. The fourth-order valence-electron chi connectivity index (χ4n) is 0.992. The van der Waals surface area contributed by atoms with Gasteiger partial charge < -0.3 is 10.8 Å². The second kappa shape index (κ2) is 1.80. The van der Waals surface area contributed by atoms with Crippen molar-refractivity contribution in [3.05, 3.63) is 0 Å². The first kappa shape index (κ1) is 5.06. The molecular formula is C5H11NO. The van der Waals surface area contributed by atoms with Gasteiger partial charge in [0, 0.05) is 6.04 Å². The third-order valence-corrected chi connectivity index (χ3v) is 1.45. The van der Waals surface area contributed by atoms with E-state index < -0.39 is 0 Å². The van der Waals surface area contributed by atoms with E-state index in [1.807, 2.05) is 0 Å². The van der Waals surface area contributed by atoms with Gasteiger partial charge in [-0.2, -0.15) is 0 Å². The highest BCUT2D eigenvalue weighted by Gasteiger charge is 2.18. The quantitative estimate of drug-likeness (QED) is 0.446. The zero-order valence-electron chi connectivity index (χ0n) is 4.30. The molecule has 2 nitrogen and oxygen atoms in total. The summed E-state index contributed by atoms with van der Waals surface area (Å²) in [5, 5.41) is 8.82. The van der Waals surface area contributed by atoms with Gasteiger partial charge in [-0.15, -0.1) is 0 Å². The summed E-state index contributed by atoms with van der Waals surface area (Å²) in [6.07, 6.45) is 2.61. The number of aliphatic hydroxyl groups excluding tert-OH is 1.